The number of piperidine rings is 1. The van der Waals surface area contributed by atoms with Crippen LogP contribution in [0.15, 0.2) is 48.5 Å². The molecule has 120 valence electrons. The number of carbonyl (C=O) groups is 1. The molecular formula is C19H21NO3. The molecule has 4 heteroatoms. The molecule has 2 aromatic rings. The van der Waals surface area contributed by atoms with Gasteiger partial charge in [-0.05, 0) is 35.4 Å². The van der Waals surface area contributed by atoms with Gasteiger partial charge < -0.3 is 14.8 Å². The van der Waals surface area contributed by atoms with Crippen LogP contribution < -0.4 is 14.8 Å². The van der Waals surface area contributed by atoms with Crippen LogP contribution >= 0.6 is 0 Å². The van der Waals surface area contributed by atoms with Crippen molar-refractivity contribution in [2.75, 3.05) is 14.2 Å². The highest BCUT2D eigenvalue weighted by Gasteiger charge is 2.28. The lowest BCUT2D eigenvalue weighted by molar-refractivity contribution is -0.121. The smallest absolute Gasteiger partial charge is 0.136 e. The Labute approximate surface area is 136 Å². The summed E-state index contributed by atoms with van der Waals surface area (Å²) in [6, 6.07) is 15.8. The summed E-state index contributed by atoms with van der Waals surface area (Å²) in [6.45, 7) is 0. The van der Waals surface area contributed by atoms with Crippen LogP contribution in [0, 0.1) is 0 Å². The number of rotatable bonds is 4. The Morgan fingerprint density at radius 3 is 1.52 bits per heavy atom. The summed E-state index contributed by atoms with van der Waals surface area (Å²) < 4.78 is 10.4. The van der Waals surface area contributed by atoms with Crippen molar-refractivity contribution in [2.24, 2.45) is 0 Å². The number of Topliss-reactive ketones (excluding diaryl/α,β-unsaturated/α-hetero) is 1. The zero-order valence-electron chi connectivity index (χ0n) is 13.4. The van der Waals surface area contributed by atoms with E-state index in [0.29, 0.717) is 12.8 Å². The highest BCUT2D eigenvalue weighted by Crippen LogP contribution is 2.32. The lowest BCUT2D eigenvalue weighted by Crippen LogP contribution is -2.35. The van der Waals surface area contributed by atoms with Crippen LogP contribution in [0.25, 0.3) is 0 Å². The Kier molecular flexibility index (Phi) is 4.63. The number of ether oxygens (including phenoxy) is 2. The van der Waals surface area contributed by atoms with Crippen molar-refractivity contribution in [2.45, 2.75) is 24.9 Å². The first-order chi connectivity index (χ1) is 11.2. The molecule has 0 radical (unpaired) electrons. The average Bonchev–Trinajstić information content (AvgIpc) is 2.61. The van der Waals surface area contributed by atoms with Crippen LogP contribution in [0.2, 0.25) is 0 Å². The van der Waals surface area contributed by atoms with Crippen LogP contribution in [0.3, 0.4) is 0 Å². The van der Waals surface area contributed by atoms with Crippen molar-refractivity contribution in [1.29, 1.82) is 0 Å². The minimum absolute atomic E-state index is 0.0363. The third-order valence-corrected chi connectivity index (χ3v) is 4.30. The third kappa shape index (κ3) is 3.54. The molecule has 0 spiro atoms. The second kappa shape index (κ2) is 6.84. The van der Waals surface area contributed by atoms with Crippen molar-refractivity contribution in [3.8, 4) is 11.5 Å². The maximum atomic E-state index is 12.2. The fraction of sp³-hybridized carbons (Fsp3) is 0.316. The SMILES string of the molecule is COc1ccc([C@@H]2CC(=O)C[C@H](c3ccc(OC)cc3)N2)cc1. The normalized spacial score (nSPS) is 21.0. The number of hydrogen-bond donors (Lipinski definition) is 1. The van der Waals surface area contributed by atoms with Gasteiger partial charge in [0.1, 0.15) is 17.3 Å². The lowest BCUT2D eigenvalue weighted by atomic mass is 9.89. The first-order valence-electron chi connectivity index (χ1n) is 7.75. The van der Waals surface area contributed by atoms with Crippen molar-refractivity contribution in [3.05, 3.63) is 59.7 Å². The molecule has 1 fully saturated rings. The summed E-state index contributed by atoms with van der Waals surface area (Å²) >= 11 is 0. The minimum atomic E-state index is 0.0363. The summed E-state index contributed by atoms with van der Waals surface area (Å²) in [5, 5.41) is 3.59. The lowest BCUT2D eigenvalue weighted by Gasteiger charge is -2.31. The molecule has 1 N–H and O–H groups in total. The van der Waals surface area contributed by atoms with Gasteiger partial charge >= 0.3 is 0 Å². The standard InChI is InChI=1S/C19H21NO3/c1-22-16-7-3-13(4-8-16)18-11-15(21)12-19(20-18)14-5-9-17(23-2)10-6-14/h3-10,18-20H,11-12H2,1-2H3/t18-,19+. The maximum absolute atomic E-state index is 12.2. The molecule has 1 aliphatic rings. The molecule has 3 rings (SSSR count). The molecule has 23 heavy (non-hydrogen) atoms. The number of carbonyl (C=O) groups excluding carboxylic acids is 1. The van der Waals surface area contributed by atoms with Crippen LogP contribution in [-0.4, -0.2) is 20.0 Å². The highest BCUT2D eigenvalue weighted by molar-refractivity contribution is 5.81. The van der Waals surface area contributed by atoms with Crippen molar-refractivity contribution in [1.82, 2.24) is 5.32 Å². The topological polar surface area (TPSA) is 47.6 Å². The van der Waals surface area contributed by atoms with Gasteiger partial charge in [0, 0.05) is 24.9 Å². The predicted octanol–water partition coefficient (Wildman–Crippen LogP) is 3.44. The van der Waals surface area contributed by atoms with E-state index < -0.39 is 0 Å². The van der Waals surface area contributed by atoms with E-state index in [-0.39, 0.29) is 17.9 Å². The summed E-state index contributed by atoms with van der Waals surface area (Å²) in [7, 11) is 3.30. The van der Waals surface area contributed by atoms with Gasteiger partial charge in [-0.3, -0.25) is 4.79 Å². The van der Waals surface area contributed by atoms with Crippen LogP contribution in [0.1, 0.15) is 36.1 Å². The molecule has 1 aliphatic heterocycles. The van der Waals surface area contributed by atoms with Gasteiger partial charge in [0.25, 0.3) is 0 Å². The van der Waals surface area contributed by atoms with Gasteiger partial charge in [-0.2, -0.15) is 0 Å². The molecule has 1 saturated heterocycles. The number of hydrogen-bond acceptors (Lipinski definition) is 4. The third-order valence-electron chi connectivity index (χ3n) is 4.30. The molecule has 0 aliphatic carbocycles. The van der Waals surface area contributed by atoms with E-state index in [2.05, 4.69) is 5.32 Å². The molecule has 0 unspecified atom stereocenters. The van der Waals surface area contributed by atoms with Gasteiger partial charge in [-0.25, -0.2) is 0 Å². The van der Waals surface area contributed by atoms with E-state index in [0.717, 1.165) is 22.6 Å². The second-order valence-electron chi connectivity index (χ2n) is 5.77. The fourth-order valence-corrected chi connectivity index (χ4v) is 3.00. The fourth-order valence-electron chi connectivity index (χ4n) is 3.00. The van der Waals surface area contributed by atoms with Gasteiger partial charge in [0.2, 0.25) is 0 Å². The first-order valence-corrected chi connectivity index (χ1v) is 7.75. The monoisotopic (exact) mass is 311 g/mol. The Bertz CT molecular complexity index is 607. The average molecular weight is 311 g/mol. The first kappa shape index (κ1) is 15.6. The molecule has 0 amide bonds. The van der Waals surface area contributed by atoms with Gasteiger partial charge in [0.05, 0.1) is 14.2 Å². The zero-order valence-corrected chi connectivity index (χ0v) is 13.4. The van der Waals surface area contributed by atoms with Crippen LogP contribution in [0.5, 0.6) is 11.5 Å². The minimum Gasteiger partial charge on any atom is -0.497 e. The van der Waals surface area contributed by atoms with E-state index in [9.17, 15) is 4.79 Å². The number of methoxy groups -OCH3 is 2. The van der Waals surface area contributed by atoms with Gasteiger partial charge in [-0.15, -0.1) is 0 Å². The highest BCUT2D eigenvalue weighted by atomic mass is 16.5. The van der Waals surface area contributed by atoms with Crippen LogP contribution in [-0.2, 0) is 4.79 Å². The van der Waals surface area contributed by atoms with E-state index in [1.807, 2.05) is 48.5 Å². The van der Waals surface area contributed by atoms with Crippen molar-refractivity contribution < 1.29 is 14.3 Å². The number of benzene rings is 2. The van der Waals surface area contributed by atoms with E-state index >= 15 is 0 Å². The number of ketones is 1. The molecule has 0 saturated carbocycles. The van der Waals surface area contributed by atoms with E-state index in [4.69, 9.17) is 9.47 Å². The molecular weight excluding hydrogens is 290 g/mol. The molecule has 0 bridgehead atoms. The number of nitrogens with one attached hydrogen (secondary N) is 1. The largest absolute Gasteiger partial charge is 0.497 e. The van der Waals surface area contributed by atoms with Crippen molar-refractivity contribution >= 4 is 5.78 Å². The predicted molar refractivity (Wildman–Crippen MR) is 88.8 cm³/mol. The van der Waals surface area contributed by atoms with Crippen LogP contribution in [0.4, 0.5) is 0 Å². The molecule has 4 nitrogen and oxygen atoms in total. The molecule has 0 aromatic heterocycles. The molecule has 1 heterocycles. The molecule has 2 aromatic carbocycles. The second-order valence-corrected chi connectivity index (χ2v) is 5.77. The van der Waals surface area contributed by atoms with E-state index in [1.54, 1.807) is 14.2 Å². The Balaban J connectivity index is 1.78. The Morgan fingerprint density at radius 2 is 1.17 bits per heavy atom. The van der Waals surface area contributed by atoms with E-state index in [1.165, 1.54) is 0 Å². The van der Waals surface area contributed by atoms with Crippen molar-refractivity contribution in [3.63, 3.8) is 0 Å². The summed E-state index contributed by atoms with van der Waals surface area (Å²) in [5.74, 6) is 1.93. The van der Waals surface area contributed by atoms with Gasteiger partial charge in [0.15, 0.2) is 0 Å². The maximum Gasteiger partial charge on any atom is 0.136 e. The zero-order chi connectivity index (χ0) is 16.2. The summed E-state index contributed by atoms with van der Waals surface area (Å²) in [5.41, 5.74) is 2.22. The molecule has 2 atom stereocenters. The van der Waals surface area contributed by atoms with Gasteiger partial charge in [-0.1, -0.05) is 24.3 Å². The quantitative estimate of drug-likeness (QED) is 0.939. The Hall–Kier alpha value is -2.33. The summed E-state index contributed by atoms with van der Waals surface area (Å²) in [6.07, 6.45) is 1.05. The Morgan fingerprint density at radius 1 is 0.783 bits per heavy atom. The summed E-state index contributed by atoms with van der Waals surface area (Å²) in [4.78, 5) is 12.2.